The molecule has 0 saturated heterocycles. The summed E-state index contributed by atoms with van der Waals surface area (Å²) < 4.78 is 12.9. The summed E-state index contributed by atoms with van der Waals surface area (Å²) in [5.74, 6) is 0.959. The Bertz CT molecular complexity index is 963. The van der Waals surface area contributed by atoms with Crippen molar-refractivity contribution in [3.63, 3.8) is 0 Å². The maximum absolute atomic E-state index is 12.2. The molecule has 1 N–H and O–H groups in total. The molecule has 27 heavy (non-hydrogen) atoms. The van der Waals surface area contributed by atoms with Gasteiger partial charge in [0.2, 0.25) is 0 Å². The Morgan fingerprint density at radius 2 is 2.07 bits per heavy atom. The van der Waals surface area contributed by atoms with E-state index in [0.717, 1.165) is 16.6 Å². The van der Waals surface area contributed by atoms with Crippen LogP contribution in [0, 0.1) is 0 Å². The molecule has 7 nitrogen and oxygen atoms in total. The molecule has 0 radical (unpaired) electrons. The molecule has 0 aliphatic rings. The van der Waals surface area contributed by atoms with E-state index >= 15 is 0 Å². The van der Waals surface area contributed by atoms with Crippen molar-refractivity contribution in [3.05, 3.63) is 54.4 Å². The molecule has 0 aliphatic heterocycles. The highest BCUT2D eigenvalue weighted by Gasteiger charge is 2.11. The molecule has 0 unspecified atom stereocenters. The fourth-order valence-corrected chi connectivity index (χ4v) is 2.66. The molecule has 1 aromatic heterocycles. The van der Waals surface area contributed by atoms with E-state index in [0.29, 0.717) is 11.5 Å². The zero-order valence-corrected chi connectivity index (χ0v) is 15.5. The topological polar surface area (TPSA) is 77.7 Å². The van der Waals surface area contributed by atoms with Crippen LogP contribution in [0.1, 0.15) is 19.4 Å². The van der Waals surface area contributed by atoms with Crippen molar-refractivity contribution in [3.8, 4) is 11.5 Å². The van der Waals surface area contributed by atoms with Crippen molar-refractivity contribution >= 4 is 23.2 Å². The number of aromatic nitrogens is 2. The molecule has 0 bridgehead atoms. The van der Waals surface area contributed by atoms with Crippen molar-refractivity contribution in [1.29, 1.82) is 0 Å². The molecule has 0 fully saturated rings. The lowest BCUT2D eigenvalue weighted by atomic mass is 10.2. The Morgan fingerprint density at radius 1 is 1.26 bits per heavy atom. The normalized spacial score (nSPS) is 11.3. The van der Waals surface area contributed by atoms with Gasteiger partial charge in [0.15, 0.2) is 11.5 Å². The van der Waals surface area contributed by atoms with Crippen molar-refractivity contribution < 1.29 is 14.3 Å². The number of hydrogen-bond acceptors (Lipinski definition) is 5. The second-order valence-electron chi connectivity index (χ2n) is 6.20. The molecule has 0 atom stereocenters. The van der Waals surface area contributed by atoms with Gasteiger partial charge in [0, 0.05) is 5.56 Å². The summed E-state index contributed by atoms with van der Waals surface area (Å²) in [6, 6.07) is 13.2. The third kappa shape index (κ3) is 4.44. The number of amides is 1. The van der Waals surface area contributed by atoms with E-state index in [1.165, 1.54) is 0 Å². The zero-order valence-electron chi connectivity index (χ0n) is 15.5. The molecule has 0 aliphatic carbocycles. The zero-order chi connectivity index (χ0) is 19.2. The average molecular weight is 366 g/mol. The minimum atomic E-state index is -0.247. The third-order valence-corrected chi connectivity index (χ3v) is 3.82. The average Bonchev–Trinajstić information content (AvgIpc) is 3.05. The Morgan fingerprint density at radius 3 is 2.85 bits per heavy atom. The summed E-state index contributed by atoms with van der Waals surface area (Å²) in [6.07, 6.45) is 3.17. The van der Waals surface area contributed by atoms with Crippen LogP contribution in [0.25, 0.3) is 11.0 Å². The lowest BCUT2D eigenvalue weighted by Crippen LogP contribution is -2.22. The maximum atomic E-state index is 12.2. The van der Waals surface area contributed by atoms with Crippen LogP contribution < -0.4 is 14.9 Å². The molecule has 7 heteroatoms. The van der Waals surface area contributed by atoms with Crippen molar-refractivity contribution in [2.45, 2.75) is 26.5 Å². The SMILES string of the molecule is COc1cccc(/C=N\NC(=O)Cn2cnc3ccccc32)c1OC(C)C. The van der Waals surface area contributed by atoms with Gasteiger partial charge < -0.3 is 14.0 Å². The molecule has 140 valence electrons. The minimum Gasteiger partial charge on any atom is -0.493 e. The summed E-state index contributed by atoms with van der Waals surface area (Å²) >= 11 is 0. The van der Waals surface area contributed by atoms with Crippen LogP contribution in [-0.2, 0) is 11.3 Å². The van der Waals surface area contributed by atoms with Crippen LogP contribution in [0.15, 0.2) is 53.9 Å². The molecule has 1 amide bonds. The van der Waals surface area contributed by atoms with Crippen LogP contribution in [0.2, 0.25) is 0 Å². The van der Waals surface area contributed by atoms with Crippen LogP contribution in [0.3, 0.4) is 0 Å². The van der Waals surface area contributed by atoms with Gasteiger partial charge in [-0.1, -0.05) is 18.2 Å². The highest BCUT2D eigenvalue weighted by atomic mass is 16.5. The molecule has 1 heterocycles. The van der Waals surface area contributed by atoms with Crippen molar-refractivity contribution in [2.24, 2.45) is 5.10 Å². The first kappa shape index (κ1) is 18.4. The highest BCUT2D eigenvalue weighted by Crippen LogP contribution is 2.30. The summed E-state index contributed by atoms with van der Waals surface area (Å²) in [4.78, 5) is 16.5. The summed E-state index contributed by atoms with van der Waals surface area (Å²) in [7, 11) is 1.58. The Kier molecular flexibility index (Phi) is 5.71. The number of hydrazone groups is 1. The second kappa shape index (κ2) is 8.35. The standard InChI is InChI=1S/C20H22N4O3/c1-14(2)27-20-15(7-6-10-18(20)26-3)11-22-23-19(25)12-24-13-21-16-8-4-5-9-17(16)24/h4-11,13-14H,12H2,1-3H3,(H,23,25)/b22-11-. The predicted octanol–water partition coefficient (Wildman–Crippen LogP) is 2.98. The molecule has 3 rings (SSSR count). The molecule has 3 aromatic rings. The van der Waals surface area contributed by atoms with E-state index in [1.807, 2.05) is 56.3 Å². The van der Waals surface area contributed by atoms with Crippen LogP contribution in [0.4, 0.5) is 0 Å². The summed E-state index contributed by atoms with van der Waals surface area (Å²) in [5.41, 5.74) is 5.00. The molecule has 0 saturated carbocycles. The predicted molar refractivity (Wildman–Crippen MR) is 104 cm³/mol. The number of hydrogen-bond donors (Lipinski definition) is 1. The number of nitrogens with zero attached hydrogens (tertiary/aromatic N) is 3. The third-order valence-electron chi connectivity index (χ3n) is 3.82. The fraction of sp³-hybridized carbons (Fsp3) is 0.250. The first-order valence-electron chi connectivity index (χ1n) is 8.64. The number of nitrogens with one attached hydrogen (secondary N) is 1. The number of benzene rings is 2. The molecule has 2 aromatic carbocycles. The number of fused-ring (bicyclic) bond motifs is 1. The van der Waals surface area contributed by atoms with E-state index in [4.69, 9.17) is 9.47 Å². The number of rotatable bonds is 7. The van der Waals surface area contributed by atoms with Gasteiger partial charge in [0.05, 0.1) is 36.8 Å². The van der Waals surface area contributed by atoms with E-state index < -0.39 is 0 Å². The number of carbonyl (C=O) groups excluding carboxylic acids is 1. The highest BCUT2D eigenvalue weighted by molar-refractivity contribution is 5.87. The first-order chi connectivity index (χ1) is 13.1. The number of para-hydroxylation sites is 3. The lowest BCUT2D eigenvalue weighted by molar-refractivity contribution is -0.121. The Hall–Kier alpha value is -3.35. The quantitative estimate of drug-likeness (QED) is 0.515. The number of imidazole rings is 1. The van der Waals surface area contributed by atoms with Gasteiger partial charge in [-0.2, -0.15) is 5.10 Å². The van der Waals surface area contributed by atoms with Gasteiger partial charge >= 0.3 is 0 Å². The Balaban J connectivity index is 1.69. The lowest BCUT2D eigenvalue weighted by Gasteiger charge is -2.15. The van der Waals surface area contributed by atoms with Gasteiger partial charge in [-0.05, 0) is 38.1 Å². The minimum absolute atomic E-state index is 0.0161. The van der Waals surface area contributed by atoms with Crippen molar-refractivity contribution in [2.75, 3.05) is 7.11 Å². The van der Waals surface area contributed by atoms with Crippen LogP contribution in [-0.4, -0.2) is 34.9 Å². The molecule has 0 spiro atoms. The summed E-state index contributed by atoms with van der Waals surface area (Å²) in [5, 5.41) is 4.05. The fourth-order valence-electron chi connectivity index (χ4n) is 2.66. The largest absolute Gasteiger partial charge is 0.493 e. The monoisotopic (exact) mass is 366 g/mol. The van der Waals surface area contributed by atoms with Gasteiger partial charge in [-0.3, -0.25) is 4.79 Å². The Labute approximate surface area is 157 Å². The summed E-state index contributed by atoms with van der Waals surface area (Å²) in [6.45, 7) is 4.00. The van der Waals surface area contributed by atoms with E-state index in [2.05, 4.69) is 15.5 Å². The van der Waals surface area contributed by atoms with Gasteiger partial charge in [-0.15, -0.1) is 0 Å². The van der Waals surface area contributed by atoms with Crippen LogP contribution in [0.5, 0.6) is 11.5 Å². The molecular weight excluding hydrogens is 344 g/mol. The number of methoxy groups -OCH3 is 1. The van der Waals surface area contributed by atoms with Crippen LogP contribution >= 0.6 is 0 Å². The van der Waals surface area contributed by atoms with Gasteiger partial charge in [0.25, 0.3) is 5.91 Å². The van der Waals surface area contributed by atoms with Gasteiger partial charge in [-0.25, -0.2) is 10.4 Å². The van der Waals surface area contributed by atoms with E-state index in [-0.39, 0.29) is 18.6 Å². The van der Waals surface area contributed by atoms with E-state index in [1.54, 1.807) is 24.2 Å². The first-order valence-corrected chi connectivity index (χ1v) is 8.64. The maximum Gasteiger partial charge on any atom is 0.260 e. The van der Waals surface area contributed by atoms with Crippen molar-refractivity contribution in [1.82, 2.24) is 15.0 Å². The second-order valence-corrected chi connectivity index (χ2v) is 6.20. The number of ether oxygens (including phenoxy) is 2. The smallest absolute Gasteiger partial charge is 0.260 e. The van der Waals surface area contributed by atoms with Gasteiger partial charge in [0.1, 0.15) is 6.54 Å². The van der Waals surface area contributed by atoms with E-state index in [9.17, 15) is 4.79 Å². The molecular formula is C20H22N4O3. The number of carbonyl (C=O) groups is 1.